The molecule has 2 N–H and O–H groups in total. The second-order valence-electron chi connectivity index (χ2n) is 4.13. The summed E-state index contributed by atoms with van der Waals surface area (Å²) < 4.78 is 5.44. The molecule has 1 unspecified atom stereocenters. The lowest BCUT2D eigenvalue weighted by Gasteiger charge is -2.13. The summed E-state index contributed by atoms with van der Waals surface area (Å²) in [5.74, 6) is -0.901. The van der Waals surface area contributed by atoms with Gasteiger partial charge in [0, 0.05) is 11.4 Å². The van der Waals surface area contributed by atoms with Crippen molar-refractivity contribution >= 4 is 23.5 Å². The molecule has 6 heteroatoms. The zero-order valence-electron chi connectivity index (χ0n) is 9.64. The number of carboxylic acid groups (broad SMARTS) is 1. The van der Waals surface area contributed by atoms with Crippen molar-refractivity contribution in [1.82, 2.24) is 5.32 Å². The van der Waals surface area contributed by atoms with Crippen LogP contribution in [0.1, 0.15) is 12.5 Å². The van der Waals surface area contributed by atoms with Crippen LogP contribution in [0.15, 0.2) is 18.2 Å². The molecule has 1 aromatic carbocycles. The molecular weight excluding hydrogens is 258 g/mol. The Morgan fingerprint density at radius 2 is 2.28 bits per heavy atom. The Kier molecular flexibility index (Phi) is 3.43. The van der Waals surface area contributed by atoms with Crippen molar-refractivity contribution in [2.24, 2.45) is 0 Å². The van der Waals surface area contributed by atoms with Crippen LogP contribution >= 0.6 is 11.6 Å². The van der Waals surface area contributed by atoms with Crippen molar-refractivity contribution in [3.63, 3.8) is 0 Å². The van der Waals surface area contributed by atoms with Gasteiger partial charge in [0.15, 0.2) is 6.10 Å². The third-order valence-corrected chi connectivity index (χ3v) is 2.95. The Hall–Kier alpha value is -1.75. The number of amides is 1. The maximum atomic E-state index is 11.8. The molecule has 0 fully saturated rings. The van der Waals surface area contributed by atoms with Gasteiger partial charge in [0.2, 0.25) is 0 Å². The first-order valence-corrected chi connectivity index (χ1v) is 5.83. The molecule has 0 saturated carbocycles. The Balaban J connectivity index is 2.02. The zero-order chi connectivity index (χ0) is 13.3. The minimum Gasteiger partial charge on any atom is -0.480 e. The number of aliphatic carboxylic acids is 1. The van der Waals surface area contributed by atoms with Crippen molar-refractivity contribution in [2.45, 2.75) is 25.5 Å². The molecular formula is C12H12ClNO4. The fraction of sp³-hybridized carbons (Fsp3) is 0.333. The van der Waals surface area contributed by atoms with Gasteiger partial charge < -0.3 is 15.2 Å². The van der Waals surface area contributed by atoms with Crippen molar-refractivity contribution in [3.05, 3.63) is 28.8 Å². The summed E-state index contributed by atoms with van der Waals surface area (Å²) in [5, 5.41) is 11.7. The normalized spacial score (nSPS) is 18.7. The quantitative estimate of drug-likeness (QED) is 0.865. The maximum absolute atomic E-state index is 11.8. The second-order valence-corrected chi connectivity index (χ2v) is 4.57. The Labute approximate surface area is 109 Å². The Morgan fingerprint density at radius 1 is 1.56 bits per heavy atom. The maximum Gasteiger partial charge on any atom is 0.325 e. The summed E-state index contributed by atoms with van der Waals surface area (Å²) in [6, 6.07) is 4.19. The average Bonchev–Trinajstić information content (AvgIpc) is 2.71. The first-order chi connectivity index (χ1) is 8.47. The molecule has 1 aliphatic heterocycles. The van der Waals surface area contributed by atoms with E-state index in [9.17, 15) is 9.59 Å². The monoisotopic (exact) mass is 269 g/mol. The zero-order valence-corrected chi connectivity index (χ0v) is 10.4. The van der Waals surface area contributed by atoms with Gasteiger partial charge in [0.1, 0.15) is 11.8 Å². The van der Waals surface area contributed by atoms with E-state index in [1.165, 1.54) is 6.92 Å². The molecule has 96 valence electrons. The molecule has 0 aromatic heterocycles. The average molecular weight is 270 g/mol. The summed E-state index contributed by atoms with van der Waals surface area (Å²) in [5.41, 5.74) is 0.852. The van der Waals surface area contributed by atoms with Gasteiger partial charge in [0.25, 0.3) is 5.91 Å². The van der Waals surface area contributed by atoms with Crippen LogP contribution < -0.4 is 10.1 Å². The lowest BCUT2D eigenvalue weighted by Crippen LogP contribution is -2.45. The number of carbonyl (C=O) groups excluding carboxylic acids is 1. The topological polar surface area (TPSA) is 75.6 Å². The van der Waals surface area contributed by atoms with Gasteiger partial charge in [-0.2, -0.15) is 0 Å². The summed E-state index contributed by atoms with van der Waals surface area (Å²) in [6.45, 7) is 1.40. The first-order valence-electron chi connectivity index (χ1n) is 5.45. The third kappa shape index (κ3) is 2.56. The molecule has 0 radical (unpaired) electrons. The SMILES string of the molecule is C[C@H](NC(=O)C1Cc2cc(Cl)ccc2O1)C(=O)O. The van der Waals surface area contributed by atoms with Crippen LogP contribution in [0.4, 0.5) is 0 Å². The van der Waals surface area contributed by atoms with Gasteiger partial charge in [-0.15, -0.1) is 0 Å². The van der Waals surface area contributed by atoms with Gasteiger partial charge in [-0.1, -0.05) is 11.6 Å². The van der Waals surface area contributed by atoms with Crippen LogP contribution in [0.25, 0.3) is 0 Å². The van der Waals surface area contributed by atoms with E-state index in [4.69, 9.17) is 21.4 Å². The third-order valence-electron chi connectivity index (χ3n) is 2.72. The van der Waals surface area contributed by atoms with E-state index >= 15 is 0 Å². The fourth-order valence-corrected chi connectivity index (χ4v) is 1.93. The highest BCUT2D eigenvalue weighted by molar-refractivity contribution is 6.30. The number of nitrogens with one attached hydrogen (secondary N) is 1. The first kappa shape index (κ1) is 12.7. The number of carbonyl (C=O) groups is 2. The molecule has 2 atom stereocenters. The summed E-state index contributed by atoms with van der Waals surface area (Å²) >= 11 is 5.84. The number of halogens is 1. The Bertz CT molecular complexity index is 503. The minimum atomic E-state index is -1.08. The molecule has 0 spiro atoms. The lowest BCUT2D eigenvalue weighted by molar-refractivity contribution is -0.142. The molecule has 0 aliphatic carbocycles. The molecule has 0 saturated heterocycles. The number of hydrogen-bond donors (Lipinski definition) is 2. The number of fused-ring (bicyclic) bond motifs is 1. The lowest BCUT2D eigenvalue weighted by atomic mass is 10.1. The van der Waals surface area contributed by atoms with E-state index in [-0.39, 0.29) is 0 Å². The van der Waals surface area contributed by atoms with Gasteiger partial charge in [-0.3, -0.25) is 9.59 Å². The van der Waals surface area contributed by atoms with E-state index in [0.29, 0.717) is 17.2 Å². The minimum absolute atomic E-state index is 0.397. The number of rotatable bonds is 3. The van der Waals surface area contributed by atoms with Crippen LogP contribution in [-0.2, 0) is 16.0 Å². The predicted octanol–water partition coefficient (Wildman–Crippen LogP) is 1.23. The summed E-state index contributed by atoms with van der Waals surface area (Å²) in [4.78, 5) is 22.4. The smallest absolute Gasteiger partial charge is 0.325 e. The van der Waals surface area contributed by atoms with Crippen molar-refractivity contribution in [2.75, 3.05) is 0 Å². The number of carboxylic acids is 1. The molecule has 0 bridgehead atoms. The highest BCUT2D eigenvalue weighted by atomic mass is 35.5. The van der Waals surface area contributed by atoms with Crippen molar-refractivity contribution in [3.8, 4) is 5.75 Å². The van der Waals surface area contributed by atoms with Crippen molar-refractivity contribution in [1.29, 1.82) is 0 Å². The van der Waals surface area contributed by atoms with Crippen LogP contribution in [0.5, 0.6) is 5.75 Å². The molecule has 2 rings (SSSR count). The molecule has 1 heterocycles. The molecule has 1 amide bonds. The van der Waals surface area contributed by atoms with E-state index in [0.717, 1.165) is 5.56 Å². The van der Waals surface area contributed by atoms with E-state index in [1.54, 1.807) is 18.2 Å². The van der Waals surface area contributed by atoms with E-state index in [1.807, 2.05) is 0 Å². The second kappa shape index (κ2) is 4.86. The largest absolute Gasteiger partial charge is 0.480 e. The summed E-state index contributed by atoms with van der Waals surface area (Å²) in [7, 11) is 0. The van der Waals surface area contributed by atoms with Gasteiger partial charge in [0.05, 0.1) is 0 Å². The van der Waals surface area contributed by atoms with Crippen molar-refractivity contribution < 1.29 is 19.4 Å². The molecule has 5 nitrogen and oxygen atoms in total. The molecule has 1 aliphatic rings. The number of ether oxygens (including phenoxy) is 1. The van der Waals surface area contributed by atoms with Crippen LogP contribution in [0, 0.1) is 0 Å². The van der Waals surface area contributed by atoms with Crippen LogP contribution in [0.3, 0.4) is 0 Å². The fourth-order valence-electron chi connectivity index (χ4n) is 1.73. The number of benzene rings is 1. The van der Waals surface area contributed by atoms with Crippen LogP contribution in [-0.4, -0.2) is 29.1 Å². The van der Waals surface area contributed by atoms with Crippen LogP contribution in [0.2, 0.25) is 5.02 Å². The predicted molar refractivity (Wildman–Crippen MR) is 64.8 cm³/mol. The highest BCUT2D eigenvalue weighted by Gasteiger charge is 2.30. The van der Waals surface area contributed by atoms with E-state index in [2.05, 4.69) is 5.32 Å². The number of hydrogen-bond acceptors (Lipinski definition) is 3. The molecule has 18 heavy (non-hydrogen) atoms. The van der Waals surface area contributed by atoms with Gasteiger partial charge >= 0.3 is 5.97 Å². The van der Waals surface area contributed by atoms with E-state index < -0.39 is 24.0 Å². The summed E-state index contributed by atoms with van der Waals surface area (Å²) in [6.07, 6.45) is -0.297. The van der Waals surface area contributed by atoms with Gasteiger partial charge in [-0.25, -0.2) is 0 Å². The Morgan fingerprint density at radius 3 is 2.94 bits per heavy atom. The molecule has 1 aromatic rings. The van der Waals surface area contributed by atoms with Gasteiger partial charge in [-0.05, 0) is 30.7 Å². The highest BCUT2D eigenvalue weighted by Crippen LogP contribution is 2.31. The standard InChI is InChI=1S/C12H12ClNO4/c1-6(12(16)17)14-11(15)10-5-7-4-8(13)2-3-9(7)18-10/h2-4,6,10H,5H2,1H3,(H,14,15)(H,16,17)/t6-,10?/m0/s1.